The van der Waals surface area contributed by atoms with Crippen LogP contribution in [0.25, 0.3) is 0 Å². The van der Waals surface area contributed by atoms with Crippen molar-refractivity contribution in [1.29, 1.82) is 0 Å². The maximum absolute atomic E-state index is 14.0. The fraction of sp³-hybridized carbons (Fsp3) is 0.471. The first-order chi connectivity index (χ1) is 9.50. The Kier molecular flexibility index (Phi) is 4.26. The van der Waals surface area contributed by atoms with Gasteiger partial charge in [-0.3, -0.25) is 0 Å². The second-order valence-corrected chi connectivity index (χ2v) is 5.53. The second-order valence-electron chi connectivity index (χ2n) is 5.53. The van der Waals surface area contributed by atoms with E-state index in [0.717, 1.165) is 24.8 Å². The van der Waals surface area contributed by atoms with E-state index in [1.807, 2.05) is 13.0 Å². The summed E-state index contributed by atoms with van der Waals surface area (Å²) in [5.41, 5.74) is 1.21. The number of ether oxygens (including phenoxy) is 1. The normalized spacial score (nSPS) is 21.1. The molecular formula is C17H21FO2. The van der Waals surface area contributed by atoms with Crippen LogP contribution in [-0.2, 0) is 21.6 Å². The highest BCUT2D eigenvalue weighted by molar-refractivity contribution is 5.87. The largest absolute Gasteiger partial charge is 0.451 e. The Labute approximate surface area is 119 Å². The number of fused-ring (bicyclic) bond motifs is 1. The first kappa shape index (κ1) is 14.8. The molecule has 1 atom stereocenters. The van der Waals surface area contributed by atoms with Crippen molar-refractivity contribution in [3.05, 3.63) is 47.3 Å². The van der Waals surface area contributed by atoms with Gasteiger partial charge in [-0.1, -0.05) is 32.1 Å². The lowest BCUT2D eigenvalue weighted by atomic mass is 9.76. The predicted molar refractivity (Wildman–Crippen MR) is 76.8 cm³/mol. The smallest absolute Gasteiger partial charge is 0.333 e. The lowest BCUT2D eigenvalue weighted by molar-refractivity contribution is -0.159. The third-order valence-electron chi connectivity index (χ3n) is 3.91. The van der Waals surface area contributed by atoms with Crippen molar-refractivity contribution in [3.63, 3.8) is 0 Å². The Hall–Kier alpha value is -1.64. The SMILES string of the molecule is C=C(C)C(=O)OC1(CCC)CCCc2c(F)cccc21. The molecule has 1 aliphatic carbocycles. The third kappa shape index (κ3) is 2.62. The van der Waals surface area contributed by atoms with E-state index in [-0.39, 0.29) is 5.82 Å². The van der Waals surface area contributed by atoms with Crippen LogP contribution in [0.15, 0.2) is 30.4 Å². The molecule has 108 valence electrons. The molecule has 1 unspecified atom stereocenters. The van der Waals surface area contributed by atoms with Crippen molar-refractivity contribution in [1.82, 2.24) is 0 Å². The fourth-order valence-corrected chi connectivity index (χ4v) is 3.01. The highest BCUT2D eigenvalue weighted by atomic mass is 19.1. The van der Waals surface area contributed by atoms with Crippen molar-refractivity contribution in [2.45, 2.75) is 51.6 Å². The van der Waals surface area contributed by atoms with E-state index < -0.39 is 11.6 Å². The van der Waals surface area contributed by atoms with Crippen LogP contribution < -0.4 is 0 Å². The average Bonchev–Trinajstić information content (AvgIpc) is 2.40. The molecule has 3 heteroatoms. The Balaban J connectivity index is 2.47. The highest BCUT2D eigenvalue weighted by Crippen LogP contribution is 2.43. The molecule has 1 aromatic carbocycles. The predicted octanol–water partition coefficient (Wildman–Crippen LogP) is 4.28. The molecule has 0 fully saturated rings. The van der Waals surface area contributed by atoms with Gasteiger partial charge in [-0.15, -0.1) is 0 Å². The first-order valence-corrected chi connectivity index (χ1v) is 7.17. The van der Waals surface area contributed by atoms with Crippen LogP contribution >= 0.6 is 0 Å². The number of esters is 1. The summed E-state index contributed by atoms with van der Waals surface area (Å²) in [4.78, 5) is 12.0. The van der Waals surface area contributed by atoms with E-state index in [9.17, 15) is 9.18 Å². The van der Waals surface area contributed by atoms with Crippen LogP contribution in [0.3, 0.4) is 0 Å². The van der Waals surface area contributed by atoms with Gasteiger partial charge in [0.1, 0.15) is 11.4 Å². The summed E-state index contributed by atoms with van der Waals surface area (Å²) in [6.07, 6.45) is 3.87. The van der Waals surface area contributed by atoms with E-state index in [1.54, 1.807) is 13.0 Å². The van der Waals surface area contributed by atoms with Crippen LogP contribution in [0.5, 0.6) is 0 Å². The molecule has 20 heavy (non-hydrogen) atoms. The highest BCUT2D eigenvalue weighted by Gasteiger charge is 2.40. The molecule has 0 heterocycles. The van der Waals surface area contributed by atoms with Crippen molar-refractivity contribution in [3.8, 4) is 0 Å². The maximum atomic E-state index is 14.0. The number of carbonyl (C=O) groups excluding carboxylic acids is 1. The molecular weight excluding hydrogens is 255 g/mol. The minimum atomic E-state index is -0.694. The molecule has 0 spiro atoms. The number of halogens is 1. The number of hydrogen-bond acceptors (Lipinski definition) is 2. The van der Waals surface area contributed by atoms with E-state index >= 15 is 0 Å². The zero-order valence-electron chi connectivity index (χ0n) is 12.2. The van der Waals surface area contributed by atoms with Gasteiger partial charge in [-0.05, 0) is 44.2 Å². The summed E-state index contributed by atoms with van der Waals surface area (Å²) >= 11 is 0. The molecule has 0 aromatic heterocycles. The molecule has 0 amide bonds. The molecule has 1 aromatic rings. The second kappa shape index (κ2) is 5.78. The van der Waals surface area contributed by atoms with Gasteiger partial charge < -0.3 is 4.74 Å². The van der Waals surface area contributed by atoms with E-state index in [0.29, 0.717) is 24.0 Å². The van der Waals surface area contributed by atoms with Gasteiger partial charge in [0.2, 0.25) is 0 Å². The average molecular weight is 276 g/mol. The number of hydrogen-bond donors (Lipinski definition) is 0. The maximum Gasteiger partial charge on any atom is 0.333 e. The van der Waals surface area contributed by atoms with Crippen LogP contribution in [0.1, 0.15) is 50.7 Å². The summed E-state index contributed by atoms with van der Waals surface area (Å²) in [7, 11) is 0. The van der Waals surface area contributed by atoms with Crippen LogP contribution in [0.4, 0.5) is 4.39 Å². The molecule has 2 rings (SSSR count). The summed E-state index contributed by atoms with van der Waals surface area (Å²) < 4.78 is 19.8. The molecule has 0 saturated carbocycles. The first-order valence-electron chi connectivity index (χ1n) is 7.17. The zero-order chi connectivity index (χ0) is 14.8. The minimum absolute atomic E-state index is 0.200. The number of carbonyl (C=O) groups is 1. The number of benzene rings is 1. The Morgan fingerprint density at radius 2 is 2.25 bits per heavy atom. The van der Waals surface area contributed by atoms with Gasteiger partial charge in [0.25, 0.3) is 0 Å². The molecule has 0 N–H and O–H groups in total. The van der Waals surface area contributed by atoms with Crippen molar-refractivity contribution >= 4 is 5.97 Å². The van der Waals surface area contributed by atoms with E-state index in [2.05, 4.69) is 6.58 Å². The topological polar surface area (TPSA) is 26.3 Å². The van der Waals surface area contributed by atoms with E-state index in [4.69, 9.17) is 4.74 Å². The van der Waals surface area contributed by atoms with Gasteiger partial charge in [-0.25, -0.2) is 9.18 Å². The van der Waals surface area contributed by atoms with Gasteiger partial charge in [0, 0.05) is 11.1 Å². The Bertz CT molecular complexity index is 536. The summed E-state index contributed by atoms with van der Waals surface area (Å²) in [5, 5.41) is 0. The van der Waals surface area contributed by atoms with Crippen molar-refractivity contribution in [2.24, 2.45) is 0 Å². The molecule has 0 bridgehead atoms. The Morgan fingerprint density at radius 3 is 2.90 bits per heavy atom. The standard InChI is InChI=1S/C17H21FO2/c1-4-10-17(20-16(19)12(2)3)11-6-7-13-14(17)8-5-9-15(13)18/h5,8-9H,2,4,6-7,10-11H2,1,3H3. The lowest BCUT2D eigenvalue weighted by Crippen LogP contribution is -2.36. The molecule has 2 nitrogen and oxygen atoms in total. The molecule has 0 radical (unpaired) electrons. The quantitative estimate of drug-likeness (QED) is 0.606. The monoisotopic (exact) mass is 276 g/mol. The summed E-state index contributed by atoms with van der Waals surface area (Å²) in [6.45, 7) is 7.32. The summed E-state index contributed by atoms with van der Waals surface area (Å²) in [5.74, 6) is -0.593. The molecule has 0 aliphatic heterocycles. The molecule has 1 aliphatic rings. The third-order valence-corrected chi connectivity index (χ3v) is 3.91. The van der Waals surface area contributed by atoms with Gasteiger partial charge >= 0.3 is 5.97 Å². The van der Waals surface area contributed by atoms with Crippen LogP contribution in [0.2, 0.25) is 0 Å². The van der Waals surface area contributed by atoms with Gasteiger partial charge in [0.15, 0.2) is 0 Å². The van der Waals surface area contributed by atoms with Crippen LogP contribution in [0, 0.1) is 5.82 Å². The van der Waals surface area contributed by atoms with E-state index in [1.165, 1.54) is 6.07 Å². The summed E-state index contributed by atoms with van der Waals surface area (Å²) in [6, 6.07) is 5.05. The Morgan fingerprint density at radius 1 is 1.50 bits per heavy atom. The lowest BCUT2D eigenvalue weighted by Gasteiger charge is -2.38. The molecule has 0 saturated heterocycles. The fourth-order valence-electron chi connectivity index (χ4n) is 3.01. The zero-order valence-corrected chi connectivity index (χ0v) is 12.2. The van der Waals surface area contributed by atoms with Gasteiger partial charge in [-0.2, -0.15) is 0 Å². The van der Waals surface area contributed by atoms with Crippen molar-refractivity contribution < 1.29 is 13.9 Å². The van der Waals surface area contributed by atoms with Crippen molar-refractivity contribution in [2.75, 3.05) is 0 Å². The van der Waals surface area contributed by atoms with Gasteiger partial charge in [0.05, 0.1) is 0 Å². The van der Waals surface area contributed by atoms with Crippen LogP contribution in [-0.4, -0.2) is 5.97 Å². The minimum Gasteiger partial charge on any atom is -0.451 e. The number of rotatable bonds is 4.